The Labute approximate surface area is 241 Å². The van der Waals surface area contributed by atoms with Crippen molar-refractivity contribution in [3.63, 3.8) is 0 Å². The molecule has 0 bridgehead atoms. The van der Waals surface area contributed by atoms with Crippen molar-refractivity contribution in [1.82, 2.24) is 0 Å². The van der Waals surface area contributed by atoms with Gasteiger partial charge in [-0.1, -0.05) is 66.9 Å². The van der Waals surface area contributed by atoms with Gasteiger partial charge in [-0.15, -0.1) is 0 Å². The molecule has 0 heterocycles. The van der Waals surface area contributed by atoms with E-state index in [2.05, 4.69) is 60.7 Å². The van der Waals surface area contributed by atoms with Crippen molar-refractivity contribution in [2.45, 2.75) is 156 Å². The smallest absolute Gasteiger partial charge is 0.192 e. The first-order valence-corrected chi connectivity index (χ1v) is 18.2. The molecule has 0 radical (unpaired) electrons. The summed E-state index contributed by atoms with van der Waals surface area (Å²) < 4.78 is 62.6. The second-order valence-electron chi connectivity index (χ2n) is 15.9. The summed E-state index contributed by atoms with van der Waals surface area (Å²) in [7, 11) is -1.81. The molecule has 3 saturated carbocycles. The maximum absolute atomic E-state index is 11.3. The molecule has 214 valence electrons. The molecule has 0 amide bonds. The highest BCUT2D eigenvalue weighted by Gasteiger charge is 2.59. The molecule has 9 atom stereocenters. The van der Waals surface area contributed by atoms with Crippen LogP contribution in [0.1, 0.15) is 136 Å². The van der Waals surface area contributed by atoms with Crippen LogP contribution < -0.4 is 0 Å². The molecule has 0 aromatic heterocycles. The minimum Gasteiger partial charge on any atom is -0.414 e. The van der Waals surface area contributed by atoms with Crippen LogP contribution in [0.4, 0.5) is 0 Å². The fourth-order valence-electron chi connectivity index (χ4n) is 9.13. The largest absolute Gasteiger partial charge is 0.414 e. The van der Waals surface area contributed by atoms with Gasteiger partial charge in [0.05, 0.1) is 5.60 Å². The molecule has 0 aromatic carbocycles. The molecule has 1 N–H and O–H groups in total. The van der Waals surface area contributed by atoms with Crippen LogP contribution in [0, 0.1) is 46.3 Å². The van der Waals surface area contributed by atoms with Gasteiger partial charge in [-0.3, -0.25) is 0 Å². The fraction of sp³-hybridized carbons (Fsp3) is 0.941. The first kappa shape index (κ1) is 21.6. The number of allylic oxidation sites excluding steroid dienone is 1. The molecule has 0 aromatic rings. The second kappa shape index (κ2) is 10.1. The molecule has 0 aliphatic heterocycles. The summed E-state index contributed by atoms with van der Waals surface area (Å²) in [4.78, 5) is 0. The lowest BCUT2D eigenvalue weighted by Gasteiger charge is -2.59. The Bertz CT molecular complexity index is 1080. The number of aliphatic hydroxyl groups is 1. The lowest BCUT2D eigenvalue weighted by atomic mass is 9.47. The Morgan fingerprint density at radius 3 is 2.46 bits per heavy atom. The monoisotopic (exact) mass is 537 g/mol. The van der Waals surface area contributed by atoms with E-state index in [9.17, 15) is 5.11 Å². The van der Waals surface area contributed by atoms with Gasteiger partial charge in [0.1, 0.15) is 0 Å². The third kappa shape index (κ3) is 5.33. The van der Waals surface area contributed by atoms with Crippen LogP contribution in [-0.4, -0.2) is 25.1 Å². The first-order valence-electron chi connectivity index (χ1n) is 18.8. The average molecular weight is 538 g/mol. The van der Waals surface area contributed by atoms with Crippen molar-refractivity contribution >= 4 is 8.32 Å². The van der Waals surface area contributed by atoms with Crippen LogP contribution in [0.5, 0.6) is 0 Å². The van der Waals surface area contributed by atoms with Gasteiger partial charge in [-0.2, -0.15) is 0 Å². The van der Waals surface area contributed by atoms with Gasteiger partial charge in [-0.05, 0) is 136 Å². The van der Waals surface area contributed by atoms with E-state index in [4.69, 9.17) is 14.0 Å². The van der Waals surface area contributed by atoms with Gasteiger partial charge < -0.3 is 9.53 Å². The maximum Gasteiger partial charge on any atom is 0.192 e. The zero-order valence-corrected chi connectivity index (χ0v) is 26.5. The summed E-state index contributed by atoms with van der Waals surface area (Å²) in [5.74, 6) is -0.275. The minimum atomic E-state index is -3.13. The van der Waals surface area contributed by atoms with Crippen LogP contribution in [0.2, 0.25) is 18.1 Å². The van der Waals surface area contributed by atoms with Crippen LogP contribution in [0.3, 0.4) is 0 Å². The normalized spacial score (nSPS) is 44.6. The second-order valence-corrected chi connectivity index (χ2v) is 20.7. The number of hydrogen-bond acceptors (Lipinski definition) is 2. The molecule has 37 heavy (non-hydrogen) atoms. The van der Waals surface area contributed by atoms with Crippen molar-refractivity contribution in [1.29, 1.82) is 0 Å². The molecule has 2 nitrogen and oxygen atoms in total. The Kier molecular flexibility index (Phi) is 5.87. The fourth-order valence-corrected chi connectivity index (χ4v) is 10.5. The van der Waals surface area contributed by atoms with Crippen molar-refractivity contribution < 1.29 is 19.1 Å². The predicted molar refractivity (Wildman–Crippen MR) is 161 cm³/mol. The molecule has 4 rings (SSSR count). The Hall–Kier alpha value is -0.123. The zero-order valence-electron chi connectivity index (χ0n) is 32.5. The quantitative estimate of drug-likeness (QED) is 0.259. The Morgan fingerprint density at radius 1 is 1.11 bits per heavy atom. The third-order valence-electron chi connectivity index (χ3n) is 12.7. The van der Waals surface area contributed by atoms with E-state index in [1.54, 1.807) is 5.57 Å². The molecular formula is C34H62O2Si. The maximum atomic E-state index is 11.3. The number of rotatable bonds is 7. The van der Waals surface area contributed by atoms with Crippen molar-refractivity contribution in [3.05, 3.63) is 11.6 Å². The minimum absolute atomic E-state index is 0.0139. The van der Waals surface area contributed by atoms with Crippen LogP contribution >= 0.6 is 0 Å². The van der Waals surface area contributed by atoms with Crippen molar-refractivity contribution in [3.8, 4) is 0 Å². The molecule has 1 unspecified atom stereocenters. The molecular weight excluding hydrogens is 468 g/mol. The summed E-state index contributed by atoms with van der Waals surface area (Å²) in [5, 5.41) is 11.5. The van der Waals surface area contributed by atoms with E-state index in [1.807, 2.05) is 0 Å². The zero-order chi connectivity index (χ0) is 33.5. The molecule has 0 saturated heterocycles. The van der Waals surface area contributed by atoms with Crippen LogP contribution in [0.25, 0.3) is 0 Å². The van der Waals surface area contributed by atoms with E-state index in [0.717, 1.165) is 25.7 Å². The first-order chi connectivity index (χ1) is 19.7. The molecule has 3 fully saturated rings. The van der Waals surface area contributed by atoms with Gasteiger partial charge in [0, 0.05) is 15.7 Å². The lowest BCUT2D eigenvalue weighted by Crippen LogP contribution is -2.52. The van der Waals surface area contributed by atoms with Crippen molar-refractivity contribution in [2.75, 3.05) is 0 Å². The predicted octanol–water partition coefficient (Wildman–Crippen LogP) is 9.78. The Morgan fingerprint density at radius 2 is 1.81 bits per heavy atom. The topological polar surface area (TPSA) is 29.5 Å². The molecule has 4 aliphatic rings. The molecule has 3 heteroatoms. The van der Waals surface area contributed by atoms with E-state index >= 15 is 0 Å². The average Bonchev–Trinajstić information content (AvgIpc) is 3.22. The van der Waals surface area contributed by atoms with E-state index < -0.39 is 33.5 Å². The van der Waals surface area contributed by atoms with Gasteiger partial charge in [0.15, 0.2) is 8.32 Å². The highest BCUT2D eigenvalue weighted by atomic mass is 28.4. The summed E-state index contributed by atoms with van der Waals surface area (Å²) in [6, 6.07) is 0. The highest BCUT2D eigenvalue weighted by molar-refractivity contribution is 6.74. The van der Waals surface area contributed by atoms with Gasteiger partial charge in [0.25, 0.3) is 0 Å². The van der Waals surface area contributed by atoms with Crippen LogP contribution in [0.15, 0.2) is 11.6 Å². The van der Waals surface area contributed by atoms with E-state index in [0.29, 0.717) is 36.2 Å². The third-order valence-corrected chi connectivity index (χ3v) is 17.2. The summed E-state index contributed by atoms with van der Waals surface area (Å²) in [6.45, 7) is 13.9. The van der Waals surface area contributed by atoms with E-state index in [1.165, 1.54) is 32.6 Å². The summed E-state index contributed by atoms with van der Waals surface area (Å²) in [5.41, 5.74) is -0.0873. The number of hydrogen-bond donors (Lipinski definition) is 1. The summed E-state index contributed by atoms with van der Waals surface area (Å²) in [6.07, 6.45) is 12.8. The Balaban J connectivity index is 1.47. The number of fused-ring (bicyclic) bond motifs is 5. The molecule has 4 aliphatic carbocycles. The van der Waals surface area contributed by atoms with Gasteiger partial charge in [0.2, 0.25) is 0 Å². The van der Waals surface area contributed by atoms with Gasteiger partial charge >= 0.3 is 0 Å². The standard InChI is InChI=1S/C34H62O2Si/c1-23(2)34(9,35)21-16-24(3)28-14-15-29-27-13-12-25-22-26(36-37(10,11)31(4,5)6)17-19-32(25,7)30(27)18-20-33(28,29)8/h12,23-24,26-30,35H,13-22H2,1-11H3/t24-,26+,27+,28-,29+,30+,32+,33-,34?/m1/s1/i1D3,2D3,23D. The van der Waals surface area contributed by atoms with Crippen LogP contribution in [-0.2, 0) is 4.43 Å². The van der Waals surface area contributed by atoms with Crippen molar-refractivity contribution in [2.24, 2.45) is 46.3 Å². The lowest BCUT2D eigenvalue weighted by molar-refractivity contribution is -0.0593. The molecule has 0 spiro atoms. The highest BCUT2D eigenvalue weighted by Crippen LogP contribution is 2.67. The van der Waals surface area contributed by atoms with E-state index in [-0.39, 0.29) is 28.2 Å². The summed E-state index contributed by atoms with van der Waals surface area (Å²) >= 11 is 0. The van der Waals surface area contributed by atoms with Gasteiger partial charge in [-0.25, -0.2) is 0 Å². The SMILES string of the molecule is [2H]C([2H])([2H])C([2H])(C([2H])([2H])[2H])C(C)(O)CC[C@@H](C)[C@H]1CC[C@H]2[C@@H]3CC=C4C[C@@H](O[Si](C)(C)C(C)(C)C)CC[C@]4(C)[C@H]3CC[C@]12C.